The van der Waals surface area contributed by atoms with E-state index in [1.54, 1.807) is 18.3 Å². The minimum atomic E-state index is -0.708. The molecule has 0 spiro atoms. The number of amidine groups is 1. The fourth-order valence-corrected chi connectivity index (χ4v) is 1.58. The molecule has 1 rings (SSSR count). The van der Waals surface area contributed by atoms with E-state index in [1.807, 2.05) is 6.92 Å². The topological polar surface area (TPSA) is 124 Å². The molecule has 0 saturated carbocycles. The molecule has 0 aromatic carbocycles. The zero-order valence-corrected chi connectivity index (χ0v) is 10.9. The second-order valence-electron chi connectivity index (χ2n) is 4.34. The summed E-state index contributed by atoms with van der Waals surface area (Å²) in [5, 5.41) is 33.3. The second kappa shape index (κ2) is 7.03. The van der Waals surface area contributed by atoms with E-state index in [1.165, 1.54) is 0 Å². The molecule has 0 radical (unpaired) electrons. The zero-order valence-electron chi connectivity index (χ0n) is 10.9. The van der Waals surface area contributed by atoms with Gasteiger partial charge in [0, 0.05) is 12.7 Å². The van der Waals surface area contributed by atoms with E-state index in [4.69, 9.17) is 10.9 Å². The van der Waals surface area contributed by atoms with E-state index in [0.29, 0.717) is 18.7 Å². The van der Waals surface area contributed by atoms with E-state index in [9.17, 15) is 10.2 Å². The first-order valence-corrected chi connectivity index (χ1v) is 6.00. The molecule has 6 N–H and O–H groups in total. The quantitative estimate of drug-likeness (QED) is 0.195. The Labute approximate surface area is 111 Å². The summed E-state index contributed by atoms with van der Waals surface area (Å²) in [6, 6.07) is 3.45. The van der Waals surface area contributed by atoms with Crippen LogP contribution in [0.15, 0.2) is 23.5 Å². The lowest BCUT2D eigenvalue weighted by molar-refractivity contribution is 0.0864. The van der Waals surface area contributed by atoms with Crippen molar-refractivity contribution in [2.75, 3.05) is 13.2 Å². The van der Waals surface area contributed by atoms with Crippen LogP contribution in [0.4, 0.5) is 0 Å². The maximum atomic E-state index is 9.33. The summed E-state index contributed by atoms with van der Waals surface area (Å²) >= 11 is 0. The van der Waals surface area contributed by atoms with Crippen LogP contribution >= 0.6 is 0 Å². The molecule has 0 aliphatic heterocycles. The van der Waals surface area contributed by atoms with Crippen molar-refractivity contribution in [1.29, 1.82) is 0 Å². The fourth-order valence-electron chi connectivity index (χ4n) is 1.58. The summed E-state index contributed by atoms with van der Waals surface area (Å²) in [4.78, 5) is 3.97. The number of aromatic nitrogens is 1. The van der Waals surface area contributed by atoms with Crippen LogP contribution in [0.1, 0.15) is 24.6 Å². The summed E-state index contributed by atoms with van der Waals surface area (Å²) < 4.78 is 0. The molecule has 1 heterocycles. The third-order valence-electron chi connectivity index (χ3n) is 3.14. The Bertz CT molecular complexity index is 424. The number of nitrogens with one attached hydrogen (secondary N) is 1. The van der Waals surface area contributed by atoms with Gasteiger partial charge in [-0.2, -0.15) is 0 Å². The molecule has 19 heavy (non-hydrogen) atoms. The maximum Gasteiger partial charge on any atom is 0.188 e. The van der Waals surface area contributed by atoms with Crippen LogP contribution in [-0.2, 0) is 6.54 Å². The van der Waals surface area contributed by atoms with E-state index in [0.717, 1.165) is 5.56 Å². The van der Waals surface area contributed by atoms with Gasteiger partial charge in [0.1, 0.15) is 5.69 Å². The Hall–Kier alpha value is -1.70. The first-order valence-electron chi connectivity index (χ1n) is 6.00. The molecule has 0 bridgehead atoms. The second-order valence-corrected chi connectivity index (χ2v) is 4.34. The number of pyridine rings is 1. The van der Waals surface area contributed by atoms with Gasteiger partial charge in [-0.25, -0.2) is 0 Å². The first kappa shape index (κ1) is 15.4. The number of nitrogens with zero attached hydrogens (tertiary/aromatic N) is 2. The number of aliphatic hydroxyl groups excluding tert-OH is 2. The Balaban J connectivity index is 2.78. The number of hydrogen-bond acceptors (Lipinski definition) is 6. The maximum absolute atomic E-state index is 9.33. The molecule has 0 atom stereocenters. The first-order chi connectivity index (χ1) is 9.10. The van der Waals surface area contributed by atoms with Gasteiger partial charge in [0.05, 0.1) is 18.8 Å². The number of rotatable bonds is 7. The molecule has 7 nitrogen and oxygen atoms in total. The summed E-state index contributed by atoms with van der Waals surface area (Å²) in [6.07, 6.45) is 2.15. The zero-order chi connectivity index (χ0) is 14.3. The van der Waals surface area contributed by atoms with Crippen LogP contribution in [0, 0.1) is 0 Å². The minimum absolute atomic E-state index is 0.0621. The Kier molecular flexibility index (Phi) is 5.68. The van der Waals surface area contributed by atoms with Crippen molar-refractivity contribution in [3.8, 4) is 0 Å². The van der Waals surface area contributed by atoms with Crippen LogP contribution in [-0.4, -0.2) is 45.0 Å². The van der Waals surface area contributed by atoms with Crippen molar-refractivity contribution in [3.05, 3.63) is 29.6 Å². The summed E-state index contributed by atoms with van der Waals surface area (Å²) in [6.45, 7) is 2.01. The average Bonchev–Trinajstić information content (AvgIpc) is 2.48. The van der Waals surface area contributed by atoms with Crippen molar-refractivity contribution >= 4 is 5.84 Å². The van der Waals surface area contributed by atoms with Gasteiger partial charge in [0.25, 0.3) is 0 Å². The van der Waals surface area contributed by atoms with E-state index >= 15 is 0 Å². The molecular weight excluding hydrogens is 248 g/mol. The molecule has 0 aliphatic rings. The third kappa shape index (κ3) is 3.88. The number of nitrogens with two attached hydrogens (primary N) is 1. The Morgan fingerprint density at radius 2 is 2.16 bits per heavy atom. The smallest absolute Gasteiger partial charge is 0.188 e. The molecule has 0 aliphatic carbocycles. The van der Waals surface area contributed by atoms with Crippen molar-refractivity contribution in [3.63, 3.8) is 0 Å². The average molecular weight is 268 g/mol. The predicted molar refractivity (Wildman–Crippen MR) is 70.8 cm³/mol. The molecule has 7 heteroatoms. The number of oxime groups is 1. The molecule has 1 aromatic heterocycles. The predicted octanol–water partition coefficient (Wildman–Crippen LogP) is -0.601. The highest BCUT2D eigenvalue weighted by atomic mass is 16.4. The third-order valence-corrected chi connectivity index (χ3v) is 3.14. The van der Waals surface area contributed by atoms with E-state index in [-0.39, 0.29) is 19.0 Å². The van der Waals surface area contributed by atoms with Gasteiger partial charge in [-0.3, -0.25) is 4.98 Å². The SMILES string of the molecule is CCC(CO)(CO)NCc1ccnc(/C(N)=N/O)c1. The summed E-state index contributed by atoms with van der Waals surface area (Å²) in [7, 11) is 0. The van der Waals surface area contributed by atoms with Crippen molar-refractivity contribution < 1.29 is 15.4 Å². The highest BCUT2D eigenvalue weighted by molar-refractivity contribution is 5.95. The van der Waals surface area contributed by atoms with Gasteiger partial charge >= 0.3 is 0 Å². The Morgan fingerprint density at radius 1 is 1.47 bits per heavy atom. The van der Waals surface area contributed by atoms with Crippen LogP contribution in [0.25, 0.3) is 0 Å². The summed E-state index contributed by atoms with van der Waals surface area (Å²) in [5.41, 5.74) is 5.98. The molecule has 0 saturated heterocycles. The molecular formula is C12H20N4O3. The normalized spacial score (nSPS) is 12.7. The molecule has 1 aromatic rings. The van der Waals surface area contributed by atoms with Gasteiger partial charge in [-0.1, -0.05) is 12.1 Å². The standard InChI is InChI=1S/C12H20N4O3/c1-2-12(7-17,8-18)15-6-9-3-4-14-10(5-9)11(13)16-19/h3-5,15,17-19H,2,6-8H2,1H3,(H2,13,16). The van der Waals surface area contributed by atoms with Crippen LogP contribution < -0.4 is 11.1 Å². The van der Waals surface area contributed by atoms with Crippen LogP contribution in [0.3, 0.4) is 0 Å². The lowest BCUT2D eigenvalue weighted by atomic mass is 9.98. The monoisotopic (exact) mass is 268 g/mol. The summed E-state index contributed by atoms with van der Waals surface area (Å²) in [5.74, 6) is -0.0621. The fraction of sp³-hybridized carbons (Fsp3) is 0.500. The lowest BCUT2D eigenvalue weighted by Gasteiger charge is -2.29. The number of aliphatic hydroxyl groups is 2. The van der Waals surface area contributed by atoms with Crippen molar-refractivity contribution in [1.82, 2.24) is 10.3 Å². The van der Waals surface area contributed by atoms with Gasteiger partial charge in [0.15, 0.2) is 5.84 Å². The van der Waals surface area contributed by atoms with Gasteiger partial charge in [-0.15, -0.1) is 0 Å². The Morgan fingerprint density at radius 3 is 2.68 bits per heavy atom. The molecule has 0 amide bonds. The van der Waals surface area contributed by atoms with Crippen LogP contribution in [0.2, 0.25) is 0 Å². The van der Waals surface area contributed by atoms with E-state index in [2.05, 4.69) is 15.5 Å². The highest BCUT2D eigenvalue weighted by Gasteiger charge is 2.25. The van der Waals surface area contributed by atoms with Crippen molar-refractivity contribution in [2.24, 2.45) is 10.9 Å². The van der Waals surface area contributed by atoms with Crippen LogP contribution in [0.5, 0.6) is 0 Å². The van der Waals surface area contributed by atoms with E-state index < -0.39 is 5.54 Å². The van der Waals surface area contributed by atoms with Gasteiger partial charge in [0.2, 0.25) is 0 Å². The van der Waals surface area contributed by atoms with Gasteiger partial charge in [-0.05, 0) is 24.1 Å². The number of hydrogen-bond donors (Lipinski definition) is 5. The molecule has 0 unspecified atom stereocenters. The van der Waals surface area contributed by atoms with Crippen molar-refractivity contribution in [2.45, 2.75) is 25.4 Å². The molecule has 0 fully saturated rings. The largest absolute Gasteiger partial charge is 0.409 e. The molecule has 106 valence electrons. The van der Waals surface area contributed by atoms with Gasteiger partial charge < -0.3 is 26.5 Å². The minimum Gasteiger partial charge on any atom is -0.409 e. The highest BCUT2D eigenvalue weighted by Crippen LogP contribution is 2.10. The lowest BCUT2D eigenvalue weighted by Crippen LogP contribution is -2.50.